The van der Waals surface area contributed by atoms with E-state index < -0.39 is 0 Å². The van der Waals surface area contributed by atoms with Crippen LogP contribution in [0.4, 0.5) is 0 Å². The molecule has 7 heavy (non-hydrogen) atoms. The highest BCUT2D eigenvalue weighted by Crippen LogP contribution is 2.02. The van der Waals surface area contributed by atoms with Crippen molar-refractivity contribution >= 4 is 0 Å². The molecule has 2 nitrogen and oxygen atoms in total. The van der Waals surface area contributed by atoms with Crippen LogP contribution in [0.1, 0.15) is 19.3 Å². The molecule has 1 rings (SSSR count). The summed E-state index contributed by atoms with van der Waals surface area (Å²) in [6.45, 7) is 0.987. The summed E-state index contributed by atoms with van der Waals surface area (Å²) in [4.78, 5) is 0. The summed E-state index contributed by atoms with van der Waals surface area (Å²) in [6, 6.07) is 0. The molecule has 1 aliphatic heterocycles. The van der Waals surface area contributed by atoms with Gasteiger partial charge in [-0.2, -0.15) is 0 Å². The van der Waals surface area contributed by atoms with Crippen molar-refractivity contribution in [2.75, 3.05) is 6.54 Å². The van der Waals surface area contributed by atoms with Crippen molar-refractivity contribution in [1.29, 1.82) is 0 Å². The monoisotopic (exact) mass is 101 g/mol. The van der Waals surface area contributed by atoms with E-state index in [4.69, 9.17) is 5.11 Å². The van der Waals surface area contributed by atoms with Gasteiger partial charge in [0.05, 0.1) is 0 Å². The Kier molecular flexibility index (Phi) is 1.65. The minimum atomic E-state index is -0.214. The van der Waals surface area contributed by atoms with Crippen molar-refractivity contribution in [3.05, 3.63) is 0 Å². The van der Waals surface area contributed by atoms with Crippen LogP contribution in [0, 0.1) is 0 Å². The minimum absolute atomic E-state index is 0.214. The largest absolute Gasteiger partial charge is 0.379 e. The van der Waals surface area contributed by atoms with E-state index in [0.717, 1.165) is 13.0 Å². The average molecular weight is 101 g/mol. The summed E-state index contributed by atoms with van der Waals surface area (Å²) < 4.78 is 0. The van der Waals surface area contributed by atoms with Crippen LogP contribution in [0.25, 0.3) is 0 Å². The lowest BCUT2D eigenvalue weighted by Gasteiger charge is -2.17. The normalized spacial score (nSPS) is 33.0. The SMILES string of the molecule is O[C@@H]1CCCCN1. The van der Waals surface area contributed by atoms with Crippen LogP contribution in [0.5, 0.6) is 0 Å². The number of hydrogen-bond acceptors (Lipinski definition) is 2. The third-order valence-electron chi connectivity index (χ3n) is 1.28. The zero-order valence-electron chi connectivity index (χ0n) is 4.35. The highest BCUT2D eigenvalue weighted by Gasteiger charge is 2.06. The van der Waals surface area contributed by atoms with E-state index in [0.29, 0.717) is 0 Å². The molecular weight excluding hydrogens is 90.1 g/mol. The first-order valence-corrected chi connectivity index (χ1v) is 2.81. The molecule has 0 aliphatic carbocycles. The smallest absolute Gasteiger partial charge is 0.104 e. The molecule has 1 aliphatic rings. The van der Waals surface area contributed by atoms with Gasteiger partial charge in [-0.1, -0.05) is 0 Å². The molecule has 2 heteroatoms. The van der Waals surface area contributed by atoms with Crippen LogP contribution >= 0.6 is 0 Å². The van der Waals surface area contributed by atoms with E-state index in [1.165, 1.54) is 12.8 Å². The second-order valence-corrected chi connectivity index (χ2v) is 1.97. The maximum atomic E-state index is 8.80. The van der Waals surface area contributed by atoms with Gasteiger partial charge in [-0.3, -0.25) is 5.32 Å². The van der Waals surface area contributed by atoms with Crippen molar-refractivity contribution in [2.45, 2.75) is 25.5 Å². The predicted molar refractivity (Wildman–Crippen MR) is 27.9 cm³/mol. The molecule has 0 amide bonds. The molecule has 0 aromatic carbocycles. The molecular formula is C5H11NO. The molecule has 0 bridgehead atoms. The van der Waals surface area contributed by atoms with Gasteiger partial charge in [0.15, 0.2) is 0 Å². The molecule has 1 fully saturated rings. The Morgan fingerprint density at radius 3 is 2.57 bits per heavy atom. The van der Waals surface area contributed by atoms with E-state index in [2.05, 4.69) is 5.32 Å². The lowest BCUT2D eigenvalue weighted by atomic mass is 10.1. The van der Waals surface area contributed by atoms with Gasteiger partial charge in [0.25, 0.3) is 0 Å². The number of nitrogens with one attached hydrogen (secondary N) is 1. The van der Waals surface area contributed by atoms with E-state index in [9.17, 15) is 0 Å². The molecule has 0 saturated carbocycles. The first kappa shape index (κ1) is 5.06. The Hall–Kier alpha value is -0.0800. The maximum Gasteiger partial charge on any atom is 0.104 e. The fraction of sp³-hybridized carbons (Fsp3) is 1.00. The van der Waals surface area contributed by atoms with Gasteiger partial charge in [-0.15, -0.1) is 0 Å². The first-order valence-electron chi connectivity index (χ1n) is 2.81. The highest BCUT2D eigenvalue weighted by molar-refractivity contribution is 4.60. The molecule has 0 aromatic heterocycles. The molecule has 1 heterocycles. The Morgan fingerprint density at radius 2 is 2.29 bits per heavy atom. The van der Waals surface area contributed by atoms with Gasteiger partial charge in [-0.25, -0.2) is 0 Å². The number of aliphatic hydroxyl groups is 1. The van der Waals surface area contributed by atoms with Crippen molar-refractivity contribution in [2.24, 2.45) is 0 Å². The lowest BCUT2D eigenvalue weighted by molar-refractivity contribution is 0.108. The Labute approximate surface area is 43.5 Å². The quantitative estimate of drug-likeness (QED) is 0.453. The summed E-state index contributed by atoms with van der Waals surface area (Å²) in [5.74, 6) is 0. The van der Waals surface area contributed by atoms with Crippen LogP contribution in [-0.4, -0.2) is 17.9 Å². The molecule has 0 aromatic rings. The zero-order valence-corrected chi connectivity index (χ0v) is 4.35. The van der Waals surface area contributed by atoms with Crippen LogP contribution in [0.3, 0.4) is 0 Å². The van der Waals surface area contributed by atoms with Crippen LogP contribution < -0.4 is 5.32 Å². The van der Waals surface area contributed by atoms with Gasteiger partial charge in [0.2, 0.25) is 0 Å². The fourth-order valence-corrected chi connectivity index (χ4v) is 0.833. The Bertz CT molecular complexity index is 50.0. The summed E-state index contributed by atoms with van der Waals surface area (Å²) in [5.41, 5.74) is 0. The molecule has 1 atom stereocenters. The van der Waals surface area contributed by atoms with Gasteiger partial charge in [0, 0.05) is 0 Å². The van der Waals surface area contributed by atoms with Gasteiger partial charge in [0.1, 0.15) is 6.23 Å². The standard InChI is InChI=1S/C5H11NO/c7-5-3-1-2-4-6-5/h5-7H,1-4H2/t5-/m1/s1. The third kappa shape index (κ3) is 1.45. The summed E-state index contributed by atoms with van der Waals surface area (Å²) in [5, 5.41) is 11.7. The summed E-state index contributed by atoms with van der Waals surface area (Å²) in [7, 11) is 0. The molecule has 0 spiro atoms. The molecule has 1 saturated heterocycles. The Morgan fingerprint density at radius 1 is 1.43 bits per heavy atom. The predicted octanol–water partition coefficient (Wildman–Crippen LogP) is 0.0783. The van der Waals surface area contributed by atoms with Crippen molar-refractivity contribution in [1.82, 2.24) is 5.32 Å². The highest BCUT2D eigenvalue weighted by atomic mass is 16.3. The second kappa shape index (κ2) is 2.28. The zero-order chi connectivity index (χ0) is 5.11. The van der Waals surface area contributed by atoms with Gasteiger partial charge in [-0.05, 0) is 25.8 Å². The molecule has 0 radical (unpaired) electrons. The Balaban J connectivity index is 2.12. The molecule has 2 N–H and O–H groups in total. The minimum Gasteiger partial charge on any atom is -0.379 e. The summed E-state index contributed by atoms with van der Waals surface area (Å²) in [6.07, 6.45) is 3.11. The molecule has 0 unspecified atom stereocenters. The van der Waals surface area contributed by atoms with E-state index in [1.807, 2.05) is 0 Å². The van der Waals surface area contributed by atoms with Crippen molar-refractivity contribution < 1.29 is 5.11 Å². The number of aliphatic hydroxyl groups excluding tert-OH is 1. The molecule has 42 valence electrons. The van der Waals surface area contributed by atoms with Crippen LogP contribution in [0.2, 0.25) is 0 Å². The van der Waals surface area contributed by atoms with E-state index in [1.54, 1.807) is 0 Å². The van der Waals surface area contributed by atoms with E-state index in [-0.39, 0.29) is 6.23 Å². The average Bonchev–Trinajstić information content (AvgIpc) is 1.69. The fourth-order valence-electron chi connectivity index (χ4n) is 0.833. The van der Waals surface area contributed by atoms with E-state index >= 15 is 0 Å². The van der Waals surface area contributed by atoms with Crippen LogP contribution in [0.15, 0.2) is 0 Å². The first-order chi connectivity index (χ1) is 3.39. The number of hydrogen-bond donors (Lipinski definition) is 2. The number of piperidine rings is 1. The maximum absolute atomic E-state index is 8.80. The second-order valence-electron chi connectivity index (χ2n) is 1.97. The summed E-state index contributed by atoms with van der Waals surface area (Å²) >= 11 is 0. The van der Waals surface area contributed by atoms with Crippen molar-refractivity contribution in [3.8, 4) is 0 Å². The number of rotatable bonds is 0. The topological polar surface area (TPSA) is 32.3 Å². The third-order valence-corrected chi connectivity index (χ3v) is 1.28. The van der Waals surface area contributed by atoms with Crippen LogP contribution in [-0.2, 0) is 0 Å². The lowest BCUT2D eigenvalue weighted by Crippen LogP contribution is -2.33. The van der Waals surface area contributed by atoms with Gasteiger partial charge >= 0.3 is 0 Å². The van der Waals surface area contributed by atoms with Gasteiger partial charge < -0.3 is 5.11 Å². The van der Waals surface area contributed by atoms with Crippen molar-refractivity contribution in [3.63, 3.8) is 0 Å².